The van der Waals surface area contributed by atoms with Crippen molar-refractivity contribution in [2.45, 2.75) is 12.8 Å². The normalized spacial score (nSPS) is 11.9. The van der Waals surface area contributed by atoms with Gasteiger partial charge in [-0.1, -0.05) is 12.1 Å². The molecule has 0 amide bonds. The summed E-state index contributed by atoms with van der Waals surface area (Å²) in [6.45, 7) is 1.77. The number of esters is 1. The summed E-state index contributed by atoms with van der Waals surface area (Å²) in [4.78, 5) is 11.6. The van der Waals surface area contributed by atoms with Crippen molar-refractivity contribution in [3.63, 3.8) is 0 Å². The Kier molecular flexibility index (Phi) is 4.79. The van der Waals surface area contributed by atoms with Crippen LogP contribution in [0.2, 0.25) is 0 Å². The van der Waals surface area contributed by atoms with Gasteiger partial charge in [0.25, 0.3) is 0 Å². The number of aliphatic hydroxyl groups is 1. The van der Waals surface area contributed by atoms with Crippen LogP contribution in [0.3, 0.4) is 0 Å². The molecule has 0 saturated carbocycles. The van der Waals surface area contributed by atoms with Gasteiger partial charge in [0.2, 0.25) is 0 Å². The van der Waals surface area contributed by atoms with Crippen LogP contribution in [0.25, 0.3) is 0 Å². The maximum absolute atomic E-state index is 11.6. The predicted octanol–water partition coefficient (Wildman–Crippen LogP) is 1.33. The molecular weight excluding hydrogens is 208 g/mol. The van der Waals surface area contributed by atoms with Gasteiger partial charge >= 0.3 is 5.97 Å². The molecule has 4 nitrogen and oxygen atoms in total. The Labute approximate surface area is 94.8 Å². The van der Waals surface area contributed by atoms with Crippen LogP contribution in [-0.4, -0.2) is 31.4 Å². The van der Waals surface area contributed by atoms with Gasteiger partial charge < -0.3 is 14.6 Å². The first-order valence-corrected chi connectivity index (χ1v) is 5.14. The zero-order valence-corrected chi connectivity index (χ0v) is 9.47. The van der Waals surface area contributed by atoms with Gasteiger partial charge in [-0.15, -0.1) is 0 Å². The van der Waals surface area contributed by atoms with Gasteiger partial charge in [0.1, 0.15) is 11.7 Å². The highest BCUT2D eigenvalue weighted by atomic mass is 16.5. The lowest BCUT2D eigenvalue weighted by atomic mass is 10.00. The van der Waals surface area contributed by atoms with Gasteiger partial charge in [0.05, 0.1) is 20.3 Å². The summed E-state index contributed by atoms with van der Waals surface area (Å²) in [5.74, 6) is -0.409. The van der Waals surface area contributed by atoms with Gasteiger partial charge in [0.15, 0.2) is 0 Å². The molecule has 1 aromatic rings. The minimum atomic E-state index is -0.643. The predicted molar refractivity (Wildman–Crippen MR) is 59.5 cm³/mol. The standard InChI is InChI=1S/C12H16O4/c1-3-16-12(14)11(8-13)9-5-4-6-10(7-9)15-2/h4-7,11,13H,3,8H2,1-2H3/t11-/m0/s1. The molecule has 0 aliphatic heterocycles. The van der Waals surface area contributed by atoms with Crippen LogP contribution in [0.5, 0.6) is 5.75 Å². The number of benzene rings is 1. The molecule has 0 bridgehead atoms. The summed E-state index contributed by atoms with van der Waals surface area (Å²) in [6, 6.07) is 7.04. The molecule has 0 saturated heterocycles. The van der Waals surface area contributed by atoms with Gasteiger partial charge in [-0.25, -0.2) is 0 Å². The SMILES string of the molecule is CCOC(=O)[C@@H](CO)c1cccc(OC)c1. The van der Waals surface area contributed by atoms with Crippen LogP contribution in [0, 0.1) is 0 Å². The molecule has 88 valence electrons. The van der Waals surface area contributed by atoms with Crippen molar-refractivity contribution >= 4 is 5.97 Å². The highest BCUT2D eigenvalue weighted by molar-refractivity contribution is 5.78. The van der Waals surface area contributed by atoms with Crippen LogP contribution < -0.4 is 4.74 Å². The lowest BCUT2D eigenvalue weighted by Gasteiger charge is -2.13. The number of carbonyl (C=O) groups excluding carboxylic acids is 1. The molecule has 0 unspecified atom stereocenters. The molecule has 1 aromatic carbocycles. The van der Waals surface area contributed by atoms with Gasteiger partial charge in [-0.3, -0.25) is 4.79 Å². The van der Waals surface area contributed by atoms with Crippen LogP contribution in [0.15, 0.2) is 24.3 Å². The number of hydrogen-bond acceptors (Lipinski definition) is 4. The molecule has 0 aliphatic carbocycles. The van der Waals surface area contributed by atoms with E-state index in [0.717, 1.165) is 0 Å². The Hall–Kier alpha value is -1.55. The number of rotatable bonds is 5. The minimum absolute atomic E-state index is 0.272. The first kappa shape index (κ1) is 12.5. The van der Waals surface area contributed by atoms with Crippen LogP contribution in [0.4, 0.5) is 0 Å². The molecule has 0 aliphatic rings. The Bertz CT molecular complexity index is 349. The third kappa shape index (κ3) is 2.97. The third-order valence-electron chi connectivity index (χ3n) is 2.25. The zero-order chi connectivity index (χ0) is 12.0. The molecule has 4 heteroatoms. The van der Waals surface area contributed by atoms with Crippen molar-refractivity contribution in [1.82, 2.24) is 0 Å². The number of methoxy groups -OCH3 is 1. The Morgan fingerprint density at radius 1 is 1.50 bits per heavy atom. The van der Waals surface area contributed by atoms with E-state index >= 15 is 0 Å². The van der Waals surface area contributed by atoms with Crippen molar-refractivity contribution in [2.75, 3.05) is 20.3 Å². The monoisotopic (exact) mass is 224 g/mol. The summed E-state index contributed by atoms with van der Waals surface area (Å²) in [7, 11) is 1.55. The van der Waals surface area contributed by atoms with Gasteiger partial charge in [0, 0.05) is 0 Å². The van der Waals surface area contributed by atoms with E-state index in [0.29, 0.717) is 17.9 Å². The highest BCUT2D eigenvalue weighted by Gasteiger charge is 2.21. The van der Waals surface area contributed by atoms with Crippen molar-refractivity contribution in [2.24, 2.45) is 0 Å². The second-order valence-corrected chi connectivity index (χ2v) is 3.26. The fourth-order valence-corrected chi connectivity index (χ4v) is 1.42. The topological polar surface area (TPSA) is 55.8 Å². The minimum Gasteiger partial charge on any atom is -0.497 e. The first-order valence-electron chi connectivity index (χ1n) is 5.14. The summed E-state index contributed by atoms with van der Waals surface area (Å²) >= 11 is 0. The van der Waals surface area contributed by atoms with Crippen molar-refractivity contribution in [1.29, 1.82) is 0 Å². The molecule has 0 radical (unpaired) electrons. The number of aliphatic hydroxyl groups excluding tert-OH is 1. The molecule has 0 heterocycles. The molecule has 0 aromatic heterocycles. The largest absolute Gasteiger partial charge is 0.497 e. The molecule has 0 fully saturated rings. The number of hydrogen-bond donors (Lipinski definition) is 1. The molecular formula is C12H16O4. The second-order valence-electron chi connectivity index (χ2n) is 3.26. The zero-order valence-electron chi connectivity index (χ0n) is 9.47. The van der Waals surface area contributed by atoms with Crippen LogP contribution >= 0.6 is 0 Å². The molecule has 1 N–H and O–H groups in total. The lowest BCUT2D eigenvalue weighted by Crippen LogP contribution is -2.19. The van der Waals surface area contributed by atoms with E-state index in [-0.39, 0.29) is 6.61 Å². The lowest BCUT2D eigenvalue weighted by molar-refractivity contribution is -0.145. The summed E-state index contributed by atoms with van der Waals surface area (Å²) in [5, 5.41) is 9.20. The highest BCUT2D eigenvalue weighted by Crippen LogP contribution is 2.21. The average Bonchev–Trinajstić information content (AvgIpc) is 2.31. The maximum atomic E-state index is 11.6. The Morgan fingerprint density at radius 2 is 2.25 bits per heavy atom. The Morgan fingerprint density at radius 3 is 2.81 bits per heavy atom. The van der Waals surface area contributed by atoms with Gasteiger partial charge in [-0.2, -0.15) is 0 Å². The average molecular weight is 224 g/mol. The maximum Gasteiger partial charge on any atom is 0.315 e. The summed E-state index contributed by atoms with van der Waals surface area (Å²) < 4.78 is 9.94. The molecule has 16 heavy (non-hydrogen) atoms. The quantitative estimate of drug-likeness (QED) is 0.767. The third-order valence-corrected chi connectivity index (χ3v) is 2.25. The van der Waals surface area contributed by atoms with Crippen LogP contribution in [-0.2, 0) is 9.53 Å². The van der Waals surface area contributed by atoms with E-state index in [4.69, 9.17) is 9.47 Å². The van der Waals surface area contributed by atoms with E-state index in [1.54, 1.807) is 38.3 Å². The molecule has 0 spiro atoms. The van der Waals surface area contributed by atoms with Crippen molar-refractivity contribution in [3.8, 4) is 5.75 Å². The smallest absolute Gasteiger partial charge is 0.315 e. The number of carbonyl (C=O) groups is 1. The Balaban J connectivity index is 2.89. The van der Waals surface area contributed by atoms with Crippen molar-refractivity contribution in [3.05, 3.63) is 29.8 Å². The van der Waals surface area contributed by atoms with E-state index in [1.165, 1.54) is 0 Å². The molecule has 1 atom stereocenters. The van der Waals surface area contributed by atoms with Gasteiger partial charge in [-0.05, 0) is 24.6 Å². The molecule has 1 rings (SSSR count). The van der Waals surface area contributed by atoms with Crippen LogP contribution in [0.1, 0.15) is 18.4 Å². The van der Waals surface area contributed by atoms with E-state index < -0.39 is 11.9 Å². The van der Waals surface area contributed by atoms with Crippen molar-refractivity contribution < 1.29 is 19.4 Å². The first-order chi connectivity index (χ1) is 7.72. The van der Waals surface area contributed by atoms with E-state index in [2.05, 4.69) is 0 Å². The summed E-state index contributed by atoms with van der Waals surface area (Å²) in [5.41, 5.74) is 0.695. The fourth-order valence-electron chi connectivity index (χ4n) is 1.42. The second kappa shape index (κ2) is 6.12. The van der Waals surface area contributed by atoms with E-state index in [9.17, 15) is 9.90 Å². The number of ether oxygens (including phenoxy) is 2. The fraction of sp³-hybridized carbons (Fsp3) is 0.417. The van der Waals surface area contributed by atoms with E-state index in [1.807, 2.05) is 0 Å². The summed E-state index contributed by atoms with van der Waals surface area (Å²) in [6.07, 6.45) is 0.